The zero-order chi connectivity index (χ0) is 29.6. The van der Waals surface area contributed by atoms with E-state index in [0.29, 0.717) is 16.3 Å². The average Bonchev–Trinajstić information content (AvgIpc) is 3.47. The largest absolute Gasteiger partial charge is 0.495 e. The monoisotopic (exact) mass is 617 g/mol. The molecule has 1 saturated carbocycles. The summed E-state index contributed by atoms with van der Waals surface area (Å²) in [6.07, 6.45) is 3.87. The summed E-state index contributed by atoms with van der Waals surface area (Å²) in [4.78, 5) is 28.7. The van der Waals surface area contributed by atoms with E-state index in [1.807, 2.05) is 0 Å². The van der Waals surface area contributed by atoms with Crippen LogP contribution in [0, 0.1) is 0 Å². The third-order valence-corrected chi connectivity index (χ3v) is 9.46. The number of nitrogens with zero attached hydrogens (tertiary/aromatic N) is 2. The summed E-state index contributed by atoms with van der Waals surface area (Å²) >= 11 is 12.6. The molecule has 11 heteroatoms. The number of benzene rings is 3. The summed E-state index contributed by atoms with van der Waals surface area (Å²) in [6, 6.07) is 18.5. The molecule has 4 rings (SSSR count). The Bertz CT molecular complexity index is 1480. The number of carbonyl (C=O) groups excluding carboxylic acids is 2. The lowest BCUT2D eigenvalue weighted by Gasteiger charge is -2.32. The highest BCUT2D eigenvalue weighted by Gasteiger charge is 2.33. The summed E-state index contributed by atoms with van der Waals surface area (Å²) in [7, 11) is -2.75. The number of nitrogens with one attached hydrogen (secondary N) is 1. The molecule has 0 radical (unpaired) electrons. The highest BCUT2D eigenvalue weighted by molar-refractivity contribution is 7.92. The maximum atomic E-state index is 14.0. The number of amides is 2. The first-order valence-corrected chi connectivity index (χ1v) is 15.6. The molecule has 0 saturated heterocycles. The van der Waals surface area contributed by atoms with Crippen molar-refractivity contribution in [1.29, 1.82) is 0 Å². The predicted octanol–water partition coefficient (Wildman–Crippen LogP) is 5.67. The number of halogens is 2. The first-order chi connectivity index (χ1) is 19.6. The molecule has 1 aliphatic carbocycles. The molecule has 0 aliphatic heterocycles. The highest BCUT2D eigenvalue weighted by atomic mass is 35.5. The van der Waals surface area contributed by atoms with Crippen molar-refractivity contribution in [2.45, 2.75) is 56.1 Å². The molecule has 1 aliphatic rings. The van der Waals surface area contributed by atoms with Gasteiger partial charge in [-0.25, -0.2) is 8.42 Å². The fourth-order valence-electron chi connectivity index (χ4n) is 4.87. The van der Waals surface area contributed by atoms with Gasteiger partial charge in [0.1, 0.15) is 18.3 Å². The number of hydrogen-bond acceptors (Lipinski definition) is 5. The Kier molecular flexibility index (Phi) is 10.2. The summed E-state index contributed by atoms with van der Waals surface area (Å²) in [6.45, 7) is 1.13. The summed E-state index contributed by atoms with van der Waals surface area (Å²) in [5.74, 6) is -0.499. The van der Waals surface area contributed by atoms with Crippen LogP contribution >= 0.6 is 23.2 Å². The zero-order valence-corrected chi connectivity index (χ0v) is 25.3. The van der Waals surface area contributed by atoms with Crippen LogP contribution in [0.4, 0.5) is 5.69 Å². The Balaban J connectivity index is 1.70. The normalized spacial score (nSPS) is 14.3. The molecule has 0 bridgehead atoms. The minimum Gasteiger partial charge on any atom is -0.495 e. The van der Waals surface area contributed by atoms with E-state index in [4.69, 9.17) is 27.9 Å². The number of methoxy groups -OCH3 is 1. The molecule has 0 unspecified atom stereocenters. The van der Waals surface area contributed by atoms with Gasteiger partial charge in [0.05, 0.1) is 22.7 Å². The molecule has 0 spiro atoms. The molecule has 3 aromatic rings. The molecule has 218 valence electrons. The predicted molar refractivity (Wildman–Crippen MR) is 161 cm³/mol. The van der Waals surface area contributed by atoms with Crippen molar-refractivity contribution in [3.8, 4) is 5.75 Å². The van der Waals surface area contributed by atoms with E-state index in [-0.39, 0.29) is 34.1 Å². The van der Waals surface area contributed by atoms with Gasteiger partial charge in [-0.15, -0.1) is 0 Å². The third-order valence-electron chi connectivity index (χ3n) is 7.14. The Morgan fingerprint density at radius 2 is 1.71 bits per heavy atom. The molecular weight excluding hydrogens is 585 g/mol. The minimum absolute atomic E-state index is 0.00755. The van der Waals surface area contributed by atoms with Crippen LogP contribution in [0.2, 0.25) is 10.0 Å². The Morgan fingerprint density at radius 3 is 2.34 bits per heavy atom. The van der Waals surface area contributed by atoms with E-state index in [9.17, 15) is 18.0 Å². The van der Waals surface area contributed by atoms with Crippen molar-refractivity contribution >= 4 is 50.7 Å². The Labute approximate surface area is 251 Å². The number of rotatable bonds is 11. The average molecular weight is 619 g/mol. The topological polar surface area (TPSA) is 96.0 Å². The third kappa shape index (κ3) is 7.52. The second-order valence-electron chi connectivity index (χ2n) is 9.96. The number of ether oxygens (including phenoxy) is 1. The smallest absolute Gasteiger partial charge is 0.264 e. The number of sulfonamides is 1. The lowest BCUT2D eigenvalue weighted by Crippen LogP contribution is -2.52. The van der Waals surface area contributed by atoms with E-state index in [1.54, 1.807) is 49.4 Å². The maximum Gasteiger partial charge on any atom is 0.264 e. The van der Waals surface area contributed by atoms with Crippen LogP contribution in [-0.4, -0.2) is 50.9 Å². The lowest BCUT2D eigenvalue weighted by atomic mass is 10.1. The van der Waals surface area contributed by atoms with Crippen LogP contribution in [0.15, 0.2) is 77.7 Å². The van der Waals surface area contributed by atoms with E-state index in [1.165, 1.54) is 42.3 Å². The molecular formula is C30H33Cl2N3O5S. The van der Waals surface area contributed by atoms with Crippen molar-refractivity contribution in [1.82, 2.24) is 10.2 Å². The molecule has 3 aromatic carbocycles. The van der Waals surface area contributed by atoms with Crippen molar-refractivity contribution in [2.24, 2.45) is 0 Å². The molecule has 41 heavy (non-hydrogen) atoms. The first kappa shape index (κ1) is 30.7. The first-order valence-electron chi connectivity index (χ1n) is 13.4. The van der Waals surface area contributed by atoms with Gasteiger partial charge in [-0.3, -0.25) is 13.9 Å². The van der Waals surface area contributed by atoms with Gasteiger partial charge in [-0.05, 0) is 67.8 Å². The summed E-state index contributed by atoms with van der Waals surface area (Å²) in [5.41, 5.74) is 0.884. The van der Waals surface area contributed by atoms with Gasteiger partial charge in [0.25, 0.3) is 10.0 Å². The van der Waals surface area contributed by atoms with E-state index >= 15 is 0 Å². The molecule has 1 atom stereocenters. The van der Waals surface area contributed by atoms with Crippen LogP contribution < -0.4 is 14.4 Å². The van der Waals surface area contributed by atoms with Gasteiger partial charge in [-0.1, -0.05) is 66.4 Å². The highest BCUT2D eigenvalue weighted by Crippen LogP contribution is 2.32. The number of carbonyl (C=O) groups is 2. The van der Waals surface area contributed by atoms with E-state index in [2.05, 4.69) is 5.32 Å². The SMILES string of the molecule is COc1ccc(N(CC(=O)N(Cc2cccc(Cl)c2)[C@@H](C)C(=O)NC2CCCC2)S(=O)(=O)c2ccccc2)cc1Cl. The second kappa shape index (κ2) is 13.6. The molecule has 0 heterocycles. The van der Waals surface area contributed by atoms with Crippen LogP contribution in [0.3, 0.4) is 0 Å². The second-order valence-corrected chi connectivity index (χ2v) is 12.7. The minimum atomic E-state index is -4.20. The van der Waals surface area contributed by atoms with Crippen molar-refractivity contribution < 1.29 is 22.7 Å². The fraction of sp³-hybridized carbons (Fsp3) is 0.333. The van der Waals surface area contributed by atoms with Gasteiger partial charge in [0.2, 0.25) is 11.8 Å². The van der Waals surface area contributed by atoms with Gasteiger partial charge < -0.3 is 15.0 Å². The van der Waals surface area contributed by atoms with Crippen LogP contribution in [0.25, 0.3) is 0 Å². The molecule has 0 aromatic heterocycles. The Hall–Kier alpha value is -3.27. The zero-order valence-electron chi connectivity index (χ0n) is 22.9. The maximum absolute atomic E-state index is 14.0. The standard InChI is InChI=1S/C30H33Cl2N3O5S/c1-21(30(37)33-24-11-6-7-12-24)34(19-22-9-8-10-23(31)17-22)29(36)20-35(25-15-16-28(40-2)27(32)18-25)41(38,39)26-13-4-3-5-14-26/h3-5,8-10,13-18,21,24H,6-7,11-12,19-20H2,1-2H3,(H,33,37)/t21-/m0/s1. The molecule has 2 amide bonds. The molecule has 8 nitrogen and oxygen atoms in total. The van der Waals surface area contributed by atoms with Gasteiger partial charge in [0.15, 0.2) is 0 Å². The Morgan fingerprint density at radius 1 is 1.00 bits per heavy atom. The summed E-state index contributed by atoms with van der Waals surface area (Å²) < 4.78 is 34.0. The molecule has 1 fully saturated rings. The van der Waals surface area contributed by atoms with Crippen LogP contribution in [0.1, 0.15) is 38.2 Å². The number of hydrogen-bond donors (Lipinski definition) is 1. The van der Waals surface area contributed by atoms with Crippen molar-refractivity contribution in [3.63, 3.8) is 0 Å². The van der Waals surface area contributed by atoms with E-state index in [0.717, 1.165) is 30.0 Å². The number of anilines is 1. The van der Waals surface area contributed by atoms with Crippen molar-refractivity contribution in [2.75, 3.05) is 18.0 Å². The fourth-order valence-corrected chi connectivity index (χ4v) is 6.76. The van der Waals surface area contributed by atoms with Crippen LogP contribution in [-0.2, 0) is 26.2 Å². The van der Waals surface area contributed by atoms with Gasteiger partial charge in [-0.2, -0.15) is 0 Å². The van der Waals surface area contributed by atoms with Gasteiger partial charge >= 0.3 is 0 Å². The van der Waals surface area contributed by atoms with Crippen LogP contribution in [0.5, 0.6) is 5.75 Å². The van der Waals surface area contributed by atoms with Gasteiger partial charge in [0, 0.05) is 17.6 Å². The van der Waals surface area contributed by atoms with E-state index < -0.39 is 28.5 Å². The quantitative estimate of drug-likeness (QED) is 0.299. The summed E-state index contributed by atoms with van der Waals surface area (Å²) in [5, 5.41) is 3.72. The lowest BCUT2D eigenvalue weighted by molar-refractivity contribution is -0.139. The molecule has 1 N–H and O–H groups in total. The van der Waals surface area contributed by atoms with Crippen molar-refractivity contribution in [3.05, 3.63) is 88.4 Å².